The van der Waals surface area contributed by atoms with Crippen LogP contribution in [0.25, 0.3) is 10.9 Å². The molecule has 0 saturated carbocycles. The van der Waals surface area contributed by atoms with E-state index in [1.165, 1.54) is 12.1 Å². The molecule has 0 aliphatic carbocycles. The van der Waals surface area contributed by atoms with Crippen molar-refractivity contribution < 1.29 is 18.7 Å². The third kappa shape index (κ3) is 4.57. The molecule has 0 unspecified atom stereocenters. The number of benzene rings is 2. The van der Waals surface area contributed by atoms with Gasteiger partial charge in [0.15, 0.2) is 0 Å². The first kappa shape index (κ1) is 21.5. The fraction of sp³-hybridized carbons (Fsp3) is 0.360. The van der Waals surface area contributed by atoms with Gasteiger partial charge in [-0.1, -0.05) is 6.07 Å². The lowest BCUT2D eigenvalue weighted by atomic mass is 10.1. The summed E-state index contributed by atoms with van der Waals surface area (Å²) >= 11 is 0. The normalized spacial score (nSPS) is 16.9. The number of nitrogens with zero attached hydrogens (tertiary/aromatic N) is 3. The minimum Gasteiger partial charge on any atom is -0.491 e. The molecule has 8 heteroatoms. The number of hydrogen-bond acceptors (Lipinski definition) is 4. The Morgan fingerprint density at radius 1 is 1.00 bits per heavy atom. The van der Waals surface area contributed by atoms with Gasteiger partial charge in [0.1, 0.15) is 23.9 Å². The lowest BCUT2D eigenvalue weighted by Crippen LogP contribution is -2.47. The number of rotatable bonds is 3. The number of H-pyrrole nitrogens is 1. The van der Waals surface area contributed by atoms with E-state index in [1.54, 1.807) is 24.0 Å². The van der Waals surface area contributed by atoms with E-state index in [4.69, 9.17) is 4.74 Å². The van der Waals surface area contributed by atoms with Crippen LogP contribution in [0.1, 0.15) is 28.5 Å². The fourth-order valence-electron chi connectivity index (χ4n) is 4.59. The Morgan fingerprint density at radius 2 is 1.82 bits per heavy atom. The van der Waals surface area contributed by atoms with Crippen LogP contribution < -0.4 is 4.74 Å². The smallest absolute Gasteiger partial charge is 0.270 e. The summed E-state index contributed by atoms with van der Waals surface area (Å²) in [6.07, 6.45) is 0. The van der Waals surface area contributed by atoms with Crippen molar-refractivity contribution in [3.05, 3.63) is 65.1 Å². The number of fused-ring (bicyclic) bond motifs is 2. The van der Waals surface area contributed by atoms with Crippen LogP contribution in [-0.4, -0.2) is 70.8 Å². The molecule has 3 aromatic rings. The molecule has 1 saturated heterocycles. The predicted octanol–water partition coefficient (Wildman–Crippen LogP) is 3.01. The minimum absolute atomic E-state index is 0.127. The van der Waals surface area contributed by atoms with E-state index < -0.39 is 0 Å². The molecule has 5 rings (SSSR count). The summed E-state index contributed by atoms with van der Waals surface area (Å²) in [6, 6.07) is 12.3. The van der Waals surface area contributed by atoms with Gasteiger partial charge in [-0.2, -0.15) is 0 Å². The maximum Gasteiger partial charge on any atom is 0.270 e. The van der Waals surface area contributed by atoms with Crippen molar-refractivity contribution >= 4 is 22.7 Å². The zero-order chi connectivity index (χ0) is 22.9. The van der Waals surface area contributed by atoms with Crippen molar-refractivity contribution in [3.8, 4) is 5.75 Å². The number of aromatic amines is 1. The second-order valence-electron chi connectivity index (χ2n) is 8.71. The van der Waals surface area contributed by atoms with Gasteiger partial charge in [-0.25, -0.2) is 4.39 Å². The van der Waals surface area contributed by atoms with E-state index in [9.17, 15) is 14.0 Å². The summed E-state index contributed by atoms with van der Waals surface area (Å²) in [6.45, 7) is 6.94. The van der Waals surface area contributed by atoms with Crippen molar-refractivity contribution in [2.24, 2.45) is 0 Å². The van der Waals surface area contributed by atoms with Gasteiger partial charge in [-0.05, 0) is 42.0 Å². The molecule has 2 aliphatic rings. The number of amides is 2. The molecule has 0 bridgehead atoms. The van der Waals surface area contributed by atoms with Gasteiger partial charge in [-0.15, -0.1) is 0 Å². The highest BCUT2D eigenvalue weighted by Crippen LogP contribution is 2.27. The molecule has 0 atom stereocenters. The lowest BCUT2D eigenvalue weighted by Gasteiger charge is -2.34. The molecule has 0 radical (unpaired) electrons. The zero-order valence-electron chi connectivity index (χ0n) is 18.6. The standard InChI is InChI=1S/C25H27FN4O3/c1-17(31)29-8-6-28(7-9-29)15-18-2-5-24-20(12-18)16-30(10-11-33-24)25(32)23-14-19-13-21(26)3-4-22(19)27-23/h2-5,12-14,27H,6-11,15-16H2,1H3. The summed E-state index contributed by atoms with van der Waals surface area (Å²) in [5.74, 6) is 0.470. The molecule has 2 aromatic carbocycles. The average Bonchev–Trinajstić information content (AvgIpc) is 3.10. The number of carbonyl (C=O) groups excluding carboxylic acids is 2. The Kier molecular flexibility index (Phi) is 5.76. The van der Waals surface area contributed by atoms with Crippen LogP contribution >= 0.6 is 0 Å². The average molecular weight is 451 g/mol. The third-order valence-corrected chi connectivity index (χ3v) is 6.43. The molecular formula is C25H27FN4O3. The Labute approximate surface area is 191 Å². The van der Waals surface area contributed by atoms with Crippen LogP contribution in [0.4, 0.5) is 4.39 Å². The highest BCUT2D eigenvalue weighted by atomic mass is 19.1. The maximum absolute atomic E-state index is 13.5. The Balaban J connectivity index is 1.30. The van der Waals surface area contributed by atoms with Crippen LogP contribution in [0.5, 0.6) is 5.75 Å². The number of halogens is 1. The molecule has 1 aromatic heterocycles. The minimum atomic E-state index is -0.326. The van der Waals surface area contributed by atoms with Gasteiger partial charge in [0, 0.05) is 62.7 Å². The second-order valence-corrected chi connectivity index (χ2v) is 8.71. The van der Waals surface area contributed by atoms with Crippen molar-refractivity contribution in [2.75, 3.05) is 39.3 Å². The fourth-order valence-corrected chi connectivity index (χ4v) is 4.59. The first-order valence-corrected chi connectivity index (χ1v) is 11.3. The van der Waals surface area contributed by atoms with Crippen molar-refractivity contribution in [1.29, 1.82) is 0 Å². The van der Waals surface area contributed by atoms with Gasteiger partial charge in [0.2, 0.25) is 5.91 Å². The Hall–Kier alpha value is -3.39. The summed E-state index contributed by atoms with van der Waals surface area (Å²) in [5.41, 5.74) is 3.31. The molecule has 2 aliphatic heterocycles. The molecule has 2 amide bonds. The number of aromatic nitrogens is 1. The van der Waals surface area contributed by atoms with Gasteiger partial charge in [-0.3, -0.25) is 14.5 Å². The molecule has 0 spiro atoms. The quantitative estimate of drug-likeness (QED) is 0.666. The van der Waals surface area contributed by atoms with Gasteiger partial charge in [0.25, 0.3) is 5.91 Å². The van der Waals surface area contributed by atoms with Crippen molar-refractivity contribution in [1.82, 2.24) is 19.7 Å². The molecule has 1 N–H and O–H groups in total. The molecular weight excluding hydrogens is 423 g/mol. The van der Waals surface area contributed by atoms with Crippen molar-refractivity contribution in [2.45, 2.75) is 20.0 Å². The molecule has 1 fully saturated rings. The first-order valence-electron chi connectivity index (χ1n) is 11.3. The first-order chi connectivity index (χ1) is 16.0. The number of hydrogen-bond donors (Lipinski definition) is 1. The zero-order valence-corrected chi connectivity index (χ0v) is 18.6. The van der Waals surface area contributed by atoms with Crippen LogP contribution in [0.2, 0.25) is 0 Å². The van der Waals surface area contributed by atoms with E-state index in [2.05, 4.69) is 22.0 Å². The summed E-state index contributed by atoms with van der Waals surface area (Å²) in [4.78, 5) is 33.9. The number of carbonyl (C=O) groups is 2. The largest absolute Gasteiger partial charge is 0.491 e. The third-order valence-electron chi connectivity index (χ3n) is 6.43. The van der Waals surface area contributed by atoms with E-state index in [-0.39, 0.29) is 17.6 Å². The lowest BCUT2D eigenvalue weighted by molar-refractivity contribution is -0.130. The second kappa shape index (κ2) is 8.86. The van der Waals surface area contributed by atoms with Gasteiger partial charge in [0.05, 0.1) is 6.54 Å². The molecule has 7 nitrogen and oxygen atoms in total. The number of piperazine rings is 1. The van der Waals surface area contributed by atoms with E-state index >= 15 is 0 Å². The Bertz CT molecular complexity index is 1200. The molecule has 172 valence electrons. The molecule has 33 heavy (non-hydrogen) atoms. The monoisotopic (exact) mass is 450 g/mol. The SMILES string of the molecule is CC(=O)N1CCN(Cc2ccc3c(c2)CN(C(=O)c2cc4cc(F)ccc4[nH]2)CCO3)CC1. The number of ether oxygens (including phenoxy) is 1. The van der Waals surface area contributed by atoms with Crippen LogP contribution in [-0.2, 0) is 17.9 Å². The maximum atomic E-state index is 13.5. The summed E-state index contributed by atoms with van der Waals surface area (Å²) < 4.78 is 19.4. The summed E-state index contributed by atoms with van der Waals surface area (Å²) in [5, 5.41) is 0.678. The molecule has 3 heterocycles. The predicted molar refractivity (Wildman–Crippen MR) is 122 cm³/mol. The number of nitrogens with one attached hydrogen (secondary N) is 1. The van der Waals surface area contributed by atoms with Gasteiger partial charge >= 0.3 is 0 Å². The topological polar surface area (TPSA) is 68.9 Å². The highest BCUT2D eigenvalue weighted by molar-refractivity contribution is 5.98. The van der Waals surface area contributed by atoms with E-state index in [0.717, 1.165) is 55.1 Å². The van der Waals surface area contributed by atoms with Crippen LogP contribution in [0.3, 0.4) is 0 Å². The van der Waals surface area contributed by atoms with Crippen molar-refractivity contribution in [3.63, 3.8) is 0 Å². The van der Waals surface area contributed by atoms with E-state index in [1.807, 2.05) is 11.0 Å². The van der Waals surface area contributed by atoms with Gasteiger partial charge < -0.3 is 19.5 Å². The summed E-state index contributed by atoms with van der Waals surface area (Å²) in [7, 11) is 0. The van der Waals surface area contributed by atoms with Crippen LogP contribution in [0.15, 0.2) is 42.5 Å². The Morgan fingerprint density at radius 3 is 2.61 bits per heavy atom. The van der Waals surface area contributed by atoms with E-state index in [0.29, 0.717) is 30.8 Å². The highest BCUT2D eigenvalue weighted by Gasteiger charge is 2.24. The van der Waals surface area contributed by atoms with Crippen LogP contribution in [0, 0.1) is 5.82 Å².